The SMILES string of the molecule is CCC(Nc1ncnc2sc(C)c(C)c12)c1ccc(OC)cc1. The number of hydrogen-bond acceptors (Lipinski definition) is 5. The number of hydrogen-bond donors (Lipinski definition) is 1. The van der Waals surface area contributed by atoms with Crippen LogP contribution in [0.4, 0.5) is 5.82 Å². The minimum atomic E-state index is 0.207. The molecule has 3 aromatic rings. The maximum Gasteiger partial charge on any atom is 0.138 e. The molecule has 5 heteroatoms. The predicted octanol–water partition coefficient (Wildman–Crippen LogP) is 4.88. The minimum absolute atomic E-state index is 0.207. The normalized spacial score (nSPS) is 12.3. The summed E-state index contributed by atoms with van der Waals surface area (Å²) in [5, 5.41) is 4.74. The molecule has 23 heavy (non-hydrogen) atoms. The molecular formula is C18H21N3OS. The van der Waals surface area contributed by atoms with Gasteiger partial charge in [-0.15, -0.1) is 11.3 Å². The Bertz CT molecular complexity index is 811. The average molecular weight is 327 g/mol. The highest BCUT2D eigenvalue weighted by Crippen LogP contribution is 2.34. The number of aryl methyl sites for hydroxylation is 2. The van der Waals surface area contributed by atoms with Gasteiger partial charge in [0.1, 0.15) is 22.7 Å². The molecule has 0 radical (unpaired) electrons. The van der Waals surface area contributed by atoms with Crippen molar-refractivity contribution < 1.29 is 4.74 Å². The van der Waals surface area contributed by atoms with E-state index in [1.165, 1.54) is 16.0 Å². The lowest BCUT2D eigenvalue weighted by Gasteiger charge is -2.19. The number of nitrogens with one attached hydrogen (secondary N) is 1. The molecule has 1 unspecified atom stereocenters. The van der Waals surface area contributed by atoms with Crippen LogP contribution in [-0.4, -0.2) is 17.1 Å². The zero-order valence-corrected chi connectivity index (χ0v) is 14.7. The third-order valence-electron chi connectivity index (χ3n) is 4.20. The lowest BCUT2D eigenvalue weighted by molar-refractivity contribution is 0.414. The van der Waals surface area contributed by atoms with Gasteiger partial charge in [-0.3, -0.25) is 0 Å². The molecule has 120 valence electrons. The number of thiophene rings is 1. The van der Waals surface area contributed by atoms with Crippen molar-refractivity contribution in [3.8, 4) is 5.75 Å². The summed E-state index contributed by atoms with van der Waals surface area (Å²) in [5.41, 5.74) is 2.49. The number of aromatic nitrogens is 2. The lowest BCUT2D eigenvalue weighted by atomic mass is 10.0. The Labute approximate surface area is 140 Å². The van der Waals surface area contributed by atoms with Crippen LogP contribution in [0.1, 0.15) is 35.4 Å². The number of fused-ring (bicyclic) bond motifs is 1. The molecule has 1 atom stereocenters. The fraction of sp³-hybridized carbons (Fsp3) is 0.333. The molecule has 0 bridgehead atoms. The molecule has 0 spiro atoms. The van der Waals surface area contributed by atoms with Crippen molar-refractivity contribution in [2.75, 3.05) is 12.4 Å². The van der Waals surface area contributed by atoms with Gasteiger partial charge in [0, 0.05) is 4.88 Å². The maximum absolute atomic E-state index is 5.24. The van der Waals surface area contributed by atoms with Crippen LogP contribution in [0.25, 0.3) is 10.2 Å². The zero-order chi connectivity index (χ0) is 16.4. The number of benzene rings is 1. The van der Waals surface area contributed by atoms with Crippen LogP contribution < -0.4 is 10.1 Å². The minimum Gasteiger partial charge on any atom is -0.497 e. The largest absolute Gasteiger partial charge is 0.497 e. The van der Waals surface area contributed by atoms with E-state index in [4.69, 9.17) is 4.74 Å². The average Bonchev–Trinajstić information content (AvgIpc) is 2.88. The molecule has 0 saturated heterocycles. The molecule has 0 fully saturated rings. The van der Waals surface area contributed by atoms with Gasteiger partial charge >= 0.3 is 0 Å². The number of rotatable bonds is 5. The van der Waals surface area contributed by atoms with E-state index in [-0.39, 0.29) is 6.04 Å². The van der Waals surface area contributed by atoms with E-state index < -0.39 is 0 Å². The molecule has 0 amide bonds. The molecule has 1 N–H and O–H groups in total. The van der Waals surface area contributed by atoms with Crippen molar-refractivity contribution in [3.63, 3.8) is 0 Å². The van der Waals surface area contributed by atoms with Gasteiger partial charge < -0.3 is 10.1 Å². The topological polar surface area (TPSA) is 47.0 Å². The van der Waals surface area contributed by atoms with Crippen molar-refractivity contribution in [1.29, 1.82) is 0 Å². The molecule has 2 heterocycles. The van der Waals surface area contributed by atoms with Gasteiger partial charge in [0.25, 0.3) is 0 Å². The fourth-order valence-corrected chi connectivity index (χ4v) is 3.71. The number of nitrogens with zero attached hydrogens (tertiary/aromatic N) is 2. The quantitative estimate of drug-likeness (QED) is 0.725. The lowest BCUT2D eigenvalue weighted by Crippen LogP contribution is -2.11. The molecule has 0 aliphatic rings. The van der Waals surface area contributed by atoms with Crippen LogP contribution >= 0.6 is 11.3 Å². The van der Waals surface area contributed by atoms with E-state index in [1.807, 2.05) is 12.1 Å². The summed E-state index contributed by atoms with van der Waals surface area (Å²) in [6.07, 6.45) is 2.61. The van der Waals surface area contributed by atoms with E-state index in [0.717, 1.165) is 28.2 Å². The van der Waals surface area contributed by atoms with Crippen LogP contribution in [0.2, 0.25) is 0 Å². The number of ether oxygens (including phenoxy) is 1. The zero-order valence-electron chi connectivity index (χ0n) is 13.9. The summed E-state index contributed by atoms with van der Waals surface area (Å²) < 4.78 is 5.24. The van der Waals surface area contributed by atoms with Gasteiger partial charge in [-0.25, -0.2) is 9.97 Å². The highest BCUT2D eigenvalue weighted by atomic mass is 32.1. The second kappa shape index (κ2) is 6.54. The highest BCUT2D eigenvalue weighted by molar-refractivity contribution is 7.18. The molecule has 0 saturated carbocycles. The summed E-state index contributed by atoms with van der Waals surface area (Å²) >= 11 is 1.72. The van der Waals surface area contributed by atoms with Crippen LogP contribution in [-0.2, 0) is 0 Å². The summed E-state index contributed by atoms with van der Waals surface area (Å²) in [7, 11) is 1.68. The molecule has 0 aliphatic heterocycles. The van der Waals surface area contributed by atoms with Gasteiger partial charge in [0.15, 0.2) is 0 Å². The van der Waals surface area contributed by atoms with Crippen LogP contribution in [0.3, 0.4) is 0 Å². The van der Waals surface area contributed by atoms with Crippen molar-refractivity contribution >= 4 is 27.4 Å². The molecule has 3 rings (SSSR count). The Balaban J connectivity index is 1.95. The summed E-state index contributed by atoms with van der Waals surface area (Å²) in [5.74, 6) is 1.79. The number of methoxy groups -OCH3 is 1. The third-order valence-corrected chi connectivity index (χ3v) is 5.32. The first-order chi connectivity index (χ1) is 11.1. The Hall–Kier alpha value is -2.14. The molecular weight excluding hydrogens is 306 g/mol. The van der Waals surface area contributed by atoms with Crippen molar-refractivity contribution in [1.82, 2.24) is 9.97 Å². The van der Waals surface area contributed by atoms with E-state index >= 15 is 0 Å². The Morgan fingerprint density at radius 2 is 1.91 bits per heavy atom. The van der Waals surface area contributed by atoms with E-state index in [1.54, 1.807) is 24.8 Å². The molecule has 4 nitrogen and oxygen atoms in total. The fourth-order valence-electron chi connectivity index (χ4n) is 2.71. The standard InChI is InChI=1S/C18H21N3OS/c1-5-15(13-6-8-14(22-4)9-7-13)21-17-16-11(2)12(3)23-18(16)20-10-19-17/h6-10,15H,5H2,1-4H3,(H,19,20,21). The van der Waals surface area contributed by atoms with Crippen LogP contribution in [0, 0.1) is 13.8 Å². The van der Waals surface area contributed by atoms with Crippen molar-refractivity contribution in [2.24, 2.45) is 0 Å². The monoisotopic (exact) mass is 327 g/mol. The smallest absolute Gasteiger partial charge is 0.138 e. The second-order valence-corrected chi connectivity index (χ2v) is 6.77. The van der Waals surface area contributed by atoms with Gasteiger partial charge in [0.05, 0.1) is 18.5 Å². The van der Waals surface area contributed by atoms with Crippen molar-refractivity contribution in [2.45, 2.75) is 33.2 Å². The summed E-state index contributed by atoms with van der Waals surface area (Å²) in [4.78, 5) is 11.2. The predicted molar refractivity (Wildman–Crippen MR) is 96.5 cm³/mol. The van der Waals surface area contributed by atoms with Crippen LogP contribution in [0.5, 0.6) is 5.75 Å². The second-order valence-electron chi connectivity index (χ2n) is 5.56. The summed E-state index contributed by atoms with van der Waals surface area (Å²) in [6.45, 7) is 6.44. The third kappa shape index (κ3) is 3.01. The first-order valence-electron chi connectivity index (χ1n) is 7.75. The molecule has 1 aromatic carbocycles. The van der Waals surface area contributed by atoms with Gasteiger partial charge in [0.2, 0.25) is 0 Å². The summed E-state index contributed by atoms with van der Waals surface area (Å²) in [6, 6.07) is 8.40. The molecule has 0 aliphatic carbocycles. The first kappa shape index (κ1) is 15.7. The number of anilines is 1. The van der Waals surface area contributed by atoms with E-state index in [9.17, 15) is 0 Å². The van der Waals surface area contributed by atoms with Crippen LogP contribution in [0.15, 0.2) is 30.6 Å². The Kier molecular flexibility index (Phi) is 4.48. The first-order valence-corrected chi connectivity index (χ1v) is 8.56. The van der Waals surface area contributed by atoms with Crippen molar-refractivity contribution in [3.05, 3.63) is 46.6 Å². The van der Waals surface area contributed by atoms with E-state index in [2.05, 4.69) is 48.2 Å². The molecule has 2 aromatic heterocycles. The maximum atomic E-state index is 5.24. The van der Waals surface area contributed by atoms with Gasteiger partial charge in [-0.1, -0.05) is 19.1 Å². The Morgan fingerprint density at radius 1 is 1.17 bits per heavy atom. The van der Waals surface area contributed by atoms with Gasteiger partial charge in [-0.2, -0.15) is 0 Å². The van der Waals surface area contributed by atoms with E-state index in [0.29, 0.717) is 0 Å². The highest BCUT2D eigenvalue weighted by Gasteiger charge is 2.16. The Morgan fingerprint density at radius 3 is 2.57 bits per heavy atom. The van der Waals surface area contributed by atoms with Gasteiger partial charge in [-0.05, 0) is 43.5 Å².